The third-order valence-electron chi connectivity index (χ3n) is 3.24. The van der Waals surface area contributed by atoms with E-state index in [1.807, 2.05) is 6.92 Å². The highest BCUT2D eigenvalue weighted by molar-refractivity contribution is 5.94. The van der Waals surface area contributed by atoms with Crippen molar-refractivity contribution in [3.05, 3.63) is 35.1 Å². The second-order valence-corrected chi connectivity index (χ2v) is 4.76. The first-order chi connectivity index (χ1) is 9.82. The molecule has 1 rings (SSSR count). The molecule has 1 aromatic rings. The van der Waals surface area contributed by atoms with E-state index in [0.29, 0.717) is 19.2 Å². The molecule has 2 nitrogen and oxygen atoms in total. The van der Waals surface area contributed by atoms with Gasteiger partial charge in [-0.05, 0) is 25.5 Å². The lowest BCUT2D eigenvalue weighted by Crippen LogP contribution is -2.32. The SMILES string of the molecule is CCCCCN(CC)C(=O)c1cccc(C(F)(F)F)c1F. The molecular weight excluding hydrogens is 286 g/mol. The number of carbonyl (C=O) groups is 1. The fourth-order valence-electron chi connectivity index (χ4n) is 2.04. The molecule has 0 heterocycles. The van der Waals surface area contributed by atoms with E-state index >= 15 is 0 Å². The Balaban J connectivity index is 3.01. The van der Waals surface area contributed by atoms with Crippen molar-refractivity contribution >= 4 is 5.91 Å². The zero-order valence-corrected chi connectivity index (χ0v) is 12.1. The molecule has 0 aliphatic carbocycles. The van der Waals surface area contributed by atoms with E-state index in [-0.39, 0.29) is 0 Å². The van der Waals surface area contributed by atoms with Crippen molar-refractivity contribution in [1.82, 2.24) is 4.90 Å². The molecule has 0 saturated carbocycles. The van der Waals surface area contributed by atoms with E-state index in [1.54, 1.807) is 6.92 Å². The van der Waals surface area contributed by atoms with Gasteiger partial charge in [-0.2, -0.15) is 13.2 Å². The third kappa shape index (κ3) is 4.44. The van der Waals surface area contributed by atoms with Gasteiger partial charge in [0.2, 0.25) is 0 Å². The predicted molar refractivity (Wildman–Crippen MR) is 72.5 cm³/mol. The van der Waals surface area contributed by atoms with E-state index < -0.39 is 29.0 Å². The first-order valence-electron chi connectivity index (χ1n) is 6.97. The van der Waals surface area contributed by atoms with Gasteiger partial charge < -0.3 is 4.90 Å². The average molecular weight is 305 g/mol. The number of halogens is 4. The van der Waals surface area contributed by atoms with Crippen LogP contribution in [-0.2, 0) is 6.18 Å². The molecule has 6 heteroatoms. The van der Waals surface area contributed by atoms with Gasteiger partial charge in [0.1, 0.15) is 5.82 Å². The Morgan fingerprint density at radius 3 is 2.38 bits per heavy atom. The second-order valence-electron chi connectivity index (χ2n) is 4.76. The van der Waals surface area contributed by atoms with Crippen LogP contribution in [0.1, 0.15) is 49.0 Å². The first kappa shape index (κ1) is 17.5. The van der Waals surface area contributed by atoms with Crippen LogP contribution in [0, 0.1) is 5.82 Å². The van der Waals surface area contributed by atoms with Gasteiger partial charge >= 0.3 is 6.18 Å². The molecule has 0 aliphatic heterocycles. The minimum Gasteiger partial charge on any atom is -0.339 e. The Kier molecular flexibility index (Phi) is 6.18. The van der Waals surface area contributed by atoms with Crippen molar-refractivity contribution < 1.29 is 22.4 Å². The van der Waals surface area contributed by atoms with Crippen molar-refractivity contribution in [3.8, 4) is 0 Å². The molecule has 0 unspecified atom stereocenters. The van der Waals surface area contributed by atoms with Crippen molar-refractivity contribution in [1.29, 1.82) is 0 Å². The van der Waals surface area contributed by atoms with E-state index in [1.165, 1.54) is 4.90 Å². The third-order valence-corrected chi connectivity index (χ3v) is 3.24. The maximum Gasteiger partial charge on any atom is 0.419 e. The summed E-state index contributed by atoms with van der Waals surface area (Å²) in [5, 5.41) is 0. The summed E-state index contributed by atoms with van der Waals surface area (Å²) in [6.45, 7) is 4.47. The molecule has 1 aromatic carbocycles. The Morgan fingerprint density at radius 2 is 1.86 bits per heavy atom. The fraction of sp³-hybridized carbons (Fsp3) is 0.533. The number of hydrogen-bond acceptors (Lipinski definition) is 1. The van der Waals surface area contributed by atoms with Gasteiger partial charge in [-0.15, -0.1) is 0 Å². The van der Waals surface area contributed by atoms with Crippen LogP contribution in [-0.4, -0.2) is 23.9 Å². The van der Waals surface area contributed by atoms with Crippen LogP contribution in [0.3, 0.4) is 0 Å². The number of benzene rings is 1. The van der Waals surface area contributed by atoms with E-state index in [2.05, 4.69) is 0 Å². The molecule has 0 spiro atoms. The first-order valence-corrected chi connectivity index (χ1v) is 6.97. The van der Waals surface area contributed by atoms with Crippen LogP contribution in [0.15, 0.2) is 18.2 Å². The Bertz CT molecular complexity index is 485. The van der Waals surface area contributed by atoms with E-state index in [9.17, 15) is 22.4 Å². The summed E-state index contributed by atoms with van der Waals surface area (Å²) in [5.74, 6) is -2.19. The molecule has 0 radical (unpaired) electrons. The Labute approximate surface area is 121 Å². The van der Waals surface area contributed by atoms with E-state index in [4.69, 9.17) is 0 Å². The predicted octanol–water partition coefficient (Wildman–Crippen LogP) is 4.50. The summed E-state index contributed by atoms with van der Waals surface area (Å²) >= 11 is 0. The summed E-state index contributed by atoms with van der Waals surface area (Å²) in [4.78, 5) is 13.6. The van der Waals surface area contributed by atoms with E-state index in [0.717, 1.165) is 31.4 Å². The number of unbranched alkanes of at least 4 members (excludes halogenated alkanes) is 2. The Hall–Kier alpha value is -1.59. The molecule has 0 fully saturated rings. The lowest BCUT2D eigenvalue weighted by atomic mass is 10.1. The number of alkyl halides is 3. The zero-order valence-electron chi connectivity index (χ0n) is 12.1. The van der Waals surface area contributed by atoms with Gasteiger partial charge in [0.25, 0.3) is 5.91 Å². The molecule has 0 N–H and O–H groups in total. The molecule has 0 aliphatic rings. The highest BCUT2D eigenvalue weighted by Gasteiger charge is 2.36. The molecule has 0 saturated heterocycles. The minimum absolute atomic E-state index is 0.332. The van der Waals surface area contributed by atoms with Gasteiger partial charge in [-0.3, -0.25) is 4.79 Å². The standard InChI is InChI=1S/C15H19F4NO/c1-3-5-6-10-20(4-2)14(21)11-8-7-9-12(13(11)16)15(17,18)19/h7-9H,3-6,10H2,1-2H3. The number of carbonyl (C=O) groups excluding carboxylic acids is 1. The minimum atomic E-state index is -4.81. The lowest BCUT2D eigenvalue weighted by Gasteiger charge is -2.21. The van der Waals surface area contributed by atoms with Crippen LogP contribution in [0.5, 0.6) is 0 Å². The summed E-state index contributed by atoms with van der Waals surface area (Å²) < 4.78 is 51.9. The molecule has 0 bridgehead atoms. The highest BCUT2D eigenvalue weighted by Crippen LogP contribution is 2.32. The number of rotatable bonds is 6. The summed E-state index contributed by atoms with van der Waals surface area (Å²) in [5.41, 5.74) is -1.93. The molecule has 118 valence electrons. The summed E-state index contributed by atoms with van der Waals surface area (Å²) in [6, 6.07) is 2.79. The maximum absolute atomic E-state index is 13.9. The van der Waals surface area contributed by atoms with Crippen molar-refractivity contribution in [3.63, 3.8) is 0 Å². The topological polar surface area (TPSA) is 20.3 Å². The number of hydrogen-bond donors (Lipinski definition) is 0. The van der Waals surface area contributed by atoms with Crippen LogP contribution < -0.4 is 0 Å². The van der Waals surface area contributed by atoms with Crippen LogP contribution in [0.25, 0.3) is 0 Å². The highest BCUT2D eigenvalue weighted by atomic mass is 19.4. The van der Waals surface area contributed by atoms with Gasteiger partial charge in [0, 0.05) is 13.1 Å². The lowest BCUT2D eigenvalue weighted by molar-refractivity contribution is -0.140. The van der Waals surface area contributed by atoms with Crippen molar-refractivity contribution in [2.45, 2.75) is 39.3 Å². The zero-order chi connectivity index (χ0) is 16.0. The summed E-state index contributed by atoms with van der Waals surface area (Å²) in [7, 11) is 0. The van der Waals surface area contributed by atoms with Crippen LogP contribution in [0.4, 0.5) is 17.6 Å². The van der Waals surface area contributed by atoms with Gasteiger partial charge in [0.15, 0.2) is 0 Å². The second kappa shape index (κ2) is 7.43. The smallest absolute Gasteiger partial charge is 0.339 e. The van der Waals surface area contributed by atoms with Crippen molar-refractivity contribution in [2.24, 2.45) is 0 Å². The number of amides is 1. The van der Waals surface area contributed by atoms with Gasteiger partial charge in [0.05, 0.1) is 11.1 Å². The fourth-order valence-corrected chi connectivity index (χ4v) is 2.04. The molecule has 21 heavy (non-hydrogen) atoms. The molecule has 0 aromatic heterocycles. The van der Waals surface area contributed by atoms with Gasteiger partial charge in [-0.1, -0.05) is 25.8 Å². The normalized spacial score (nSPS) is 11.5. The monoisotopic (exact) mass is 305 g/mol. The largest absolute Gasteiger partial charge is 0.419 e. The average Bonchev–Trinajstić information content (AvgIpc) is 2.42. The summed E-state index contributed by atoms with van der Waals surface area (Å²) in [6.07, 6.45) is -2.19. The van der Waals surface area contributed by atoms with Crippen LogP contribution >= 0.6 is 0 Å². The molecule has 0 atom stereocenters. The van der Waals surface area contributed by atoms with Crippen molar-refractivity contribution in [2.75, 3.05) is 13.1 Å². The number of nitrogens with zero attached hydrogens (tertiary/aromatic N) is 1. The van der Waals surface area contributed by atoms with Gasteiger partial charge in [-0.25, -0.2) is 4.39 Å². The molecule has 1 amide bonds. The van der Waals surface area contributed by atoms with Crippen LogP contribution in [0.2, 0.25) is 0 Å². The quantitative estimate of drug-likeness (QED) is 0.560. The maximum atomic E-state index is 13.9. The molecular formula is C15H19F4NO. The Morgan fingerprint density at radius 1 is 1.19 bits per heavy atom.